The lowest BCUT2D eigenvalue weighted by atomic mass is 10.2. The van der Waals surface area contributed by atoms with Crippen LogP contribution in [0.3, 0.4) is 0 Å². The second-order valence-electron chi connectivity index (χ2n) is 3.97. The number of ether oxygens (including phenoxy) is 1. The fourth-order valence-corrected chi connectivity index (χ4v) is 2.92. The van der Waals surface area contributed by atoms with E-state index in [1.165, 1.54) is 0 Å². The Morgan fingerprint density at radius 2 is 2.05 bits per heavy atom. The van der Waals surface area contributed by atoms with Gasteiger partial charge in [-0.3, -0.25) is 4.63 Å². The minimum absolute atomic E-state index is 0.0112. The standard InChI is InChI=1S/C12H14N2O5S/c1-2-18-8-9-20(16,17)12-11(13-19-14(12)15)10-6-4-3-5-7-10/h3-7H,2,8-9H2,1H3. The van der Waals surface area contributed by atoms with Crippen molar-refractivity contribution in [1.82, 2.24) is 5.16 Å². The molecule has 0 aliphatic carbocycles. The summed E-state index contributed by atoms with van der Waals surface area (Å²) in [6.45, 7) is 2.18. The van der Waals surface area contributed by atoms with Crippen molar-refractivity contribution in [3.8, 4) is 11.3 Å². The van der Waals surface area contributed by atoms with Gasteiger partial charge in [0.05, 0.1) is 12.4 Å². The van der Waals surface area contributed by atoms with Crippen molar-refractivity contribution in [3.63, 3.8) is 0 Å². The Hall–Kier alpha value is -1.93. The van der Waals surface area contributed by atoms with Gasteiger partial charge in [-0.2, -0.15) is 0 Å². The lowest BCUT2D eigenvalue weighted by Crippen LogP contribution is -2.32. The molecular weight excluding hydrogens is 284 g/mol. The Morgan fingerprint density at radius 3 is 2.70 bits per heavy atom. The molecular formula is C12H14N2O5S. The van der Waals surface area contributed by atoms with E-state index >= 15 is 0 Å². The molecule has 1 aromatic heterocycles. The molecule has 20 heavy (non-hydrogen) atoms. The molecule has 1 heterocycles. The summed E-state index contributed by atoms with van der Waals surface area (Å²) in [5.74, 6) is -0.301. The second-order valence-corrected chi connectivity index (χ2v) is 5.99. The van der Waals surface area contributed by atoms with E-state index in [0.717, 1.165) is 0 Å². The molecule has 7 nitrogen and oxygen atoms in total. The summed E-state index contributed by atoms with van der Waals surface area (Å²) in [4.78, 5) is -0.0797. The van der Waals surface area contributed by atoms with E-state index in [9.17, 15) is 13.6 Å². The maximum absolute atomic E-state index is 12.2. The molecule has 2 aromatic rings. The van der Waals surface area contributed by atoms with Crippen LogP contribution in [0.1, 0.15) is 6.92 Å². The van der Waals surface area contributed by atoms with Gasteiger partial charge < -0.3 is 9.94 Å². The topological polar surface area (TPSA) is 96.3 Å². The van der Waals surface area contributed by atoms with E-state index in [1.54, 1.807) is 37.3 Å². The van der Waals surface area contributed by atoms with Gasteiger partial charge in [-0.25, -0.2) is 8.42 Å². The van der Waals surface area contributed by atoms with Gasteiger partial charge in [0, 0.05) is 17.3 Å². The summed E-state index contributed by atoms with van der Waals surface area (Å²) < 4.78 is 33.8. The summed E-state index contributed by atoms with van der Waals surface area (Å²) in [5.41, 5.74) is 0.512. The molecule has 0 unspecified atom stereocenters. The minimum atomic E-state index is -3.83. The Kier molecular flexibility index (Phi) is 4.35. The number of aromatic nitrogens is 2. The van der Waals surface area contributed by atoms with Crippen LogP contribution in [0.15, 0.2) is 40.0 Å². The zero-order valence-electron chi connectivity index (χ0n) is 10.9. The molecule has 0 amide bonds. The van der Waals surface area contributed by atoms with Crippen molar-refractivity contribution in [2.75, 3.05) is 19.0 Å². The lowest BCUT2D eigenvalue weighted by Gasteiger charge is -2.02. The van der Waals surface area contributed by atoms with E-state index in [1.807, 2.05) is 0 Å². The number of hydrogen-bond acceptors (Lipinski definition) is 6. The van der Waals surface area contributed by atoms with Gasteiger partial charge in [-0.1, -0.05) is 30.3 Å². The third-order valence-electron chi connectivity index (χ3n) is 2.62. The van der Waals surface area contributed by atoms with Crippen LogP contribution in [0.25, 0.3) is 11.3 Å². The van der Waals surface area contributed by atoms with Crippen molar-refractivity contribution in [2.24, 2.45) is 0 Å². The molecule has 0 bridgehead atoms. The maximum atomic E-state index is 12.2. The first-order chi connectivity index (χ1) is 9.56. The second kappa shape index (κ2) is 6.02. The van der Waals surface area contributed by atoms with Crippen LogP contribution in [0, 0.1) is 5.21 Å². The van der Waals surface area contributed by atoms with Gasteiger partial charge in [-0.15, -0.1) is 0 Å². The first-order valence-corrected chi connectivity index (χ1v) is 7.67. The normalized spacial score (nSPS) is 11.7. The zero-order chi connectivity index (χ0) is 14.6. The lowest BCUT2D eigenvalue weighted by molar-refractivity contribution is -0.832. The van der Waals surface area contributed by atoms with E-state index in [2.05, 4.69) is 9.79 Å². The molecule has 0 radical (unpaired) electrons. The average molecular weight is 298 g/mol. The predicted octanol–water partition coefficient (Wildman–Crippen LogP) is 0.785. The Balaban J connectivity index is 2.40. The molecule has 0 atom stereocenters. The monoisotopic (exact) mass is 298 g/mol. The average Bonchev–Trinajstić information content (AvgIpc) is 2.83. The highest BCUT2D eigenvalue weighted by molar-refractivity contribution is 7.91. The first-order valence-electron chi connectivity index (χ1n) is 6.02. The van der Waals surface area contributed by atoms with Gasteiger partial charge in [0.15, 0.2) is 0 Å². The van der Waals surface area contributed by atoms with Crippen LogP contribution in [-0.4, -0.2) is 32.5 Å². The highest BCUT2D eigenvalue weighted by Crippen LogP contribution is 2.23. The quantitative estimate of drug-likeness (QED) is 0.577. The van der Waals surface area contributed by atoms with Crippen LogP contribution in [0.2, 0.25) is 0 Å². The number of benzene rings is 1. The molecule has 0 saturated heterocycles. The molecule has 2 rings (SSSR count). The summed E-state index contributed by atoms with van der Waals surface area (Å²) in [7, 11) is -3.83. The third kappa shape index (κ3) is 2.97. The van der Waals surface area contributed by atoms with Crippen molar-refractivity contribution in [1.29, 1.82) is 0 Å². The fraction of sp³-hybridized carbons (Fsp3) is 0.333. The molecule has 0 fully saturated rings. The summed E-state index contributed by atoms with van der Waals surface area (Å²) in [6.07, 6.45) is 0. The minimum Gasteiger partial charge on any atom is -0.381 e. The molecule has 8 heteroatoms. The van der Waals surface area contributed by atoms with E-state index < -0.39 is 14.9 Å². The molecule has 108 valence electrons. The molecule has 0 aliphatic rings. The highest BCUT2D eigenvalue weighted by atomic mass is 32.2. The Morgan fingerprint density at radius 1 is 1.35 bits per heavy atom. The van der Waals surface area contributed by atoms with Crippen molar-refractivity contribution in [2.45, 2.75) is 11.9 Å². The van der Waals surface area contributed by atoms with Crippen LogP contribution >= 0.6 is 0 Å². The van der Waals surface area contributed by atoms with Crippen molar-refractivity contribution in [3.05, 3.63) is 35.5 Å². The van der Waals surface area contributed by atoms with Crippen LogP contribution in [0.5, 0.6) is 0 Å². The zero-order valence-corrected chi connectivity index (χ0v) is 11.7. The molecule has 0 spiro atoms. The first kappa shape index (κ1) is 14.5. The maximum Gasteiger partial charge on any atom is 0.316 e. The number of sulfone groups is 1. The summed E-state index contributed by atoms with van der Waals surface area (Å²) >= 11 is 0. The van der Waals surface area contributed by atoms with E-state index in [4.69, 9.17) is 4.74 Å². The van der Waals surface area contributed by atoms with Crippen molar-refractivity contribution < 1.29 is 22.7 Å². The highest BCUT2D eigenvalue weighted by Gasteiger charge is 2.32. The smallest absolute Gasteiger partial charge is 0.316 e. The van der Waals surface area contributed by atoms with Crippen LogP contribution in [-0.2, 0) is 14.6 Å². The predicted molar refractivity (Wildman–Crippen MR) is 69.4 cm³/mol. The van der Waals surface area contributed by atoms with Crippen molar-refractivity contribution >= 4 is 9.84 Å². The van der Waals surface area contributed by atoms with Gasteiger partial charge in [0.2, 0.25) is 9.84 Å². The Bertz CT molecular complexity index is 666. The molecule has 1 aromatic carbocycles. The van der Waals surface area contributed by atoms with Crippen LogP contribution in [0.4, 0.5) is 0 Å². The largest absolute Gasteiger partial charge is 0.381 e. The Labute approximate surface area is 116 Å². The SMILES string of the molecule is CCOCCS(=O)(=O)c1c(-c2ccccc2)no[n+]1[O-]. The third-order valence-corrected chi connectivity index (χ3v) is 4.25. The van der Waals surface area contributed by atoms with E-state index in [-0.39, 0.29) is 23.0 Å². The van der Waals surface area contributed by atoms with Gasteiger partial charge >= 0.3 is 5.03 Å². The number of hydrogen-bond donors (Lipinski definition) is 0. The van der Waals surface area contributed by atoms with E-state index in [0.29, 0.717) is 12.2 Å². The van der Waals surface area contributed by atoms with Crippen LogP contribution < -0.4 is 4.90 Å². The summed E-state index contributed by atoms with van der Waals surface area (Å²) in [5, 5.41) is 14.6. The van der Waals surface area contributed by atoms with Gasteiger partial charge in [0.25, 0.3) is 5.69 Å². The summed E-state index contributed by atoms with van der Waals surface area (Å²) in [6, 6.07) is 8.52. The molecule has 0 saturated carbocycles. The number of nitrogens with zero attached hydrogens (tertiary/aromatic N) is 2. The molecule has 0 aliphatic heterocycles. The van der Waals surface area contributed by atoms with Gasteiger partial charge in [0.1, 0.15) is 0 Å². The fourth-order valence-electron chi connectivity index (χ4n) is 1.68. The number of rotatable bonds is 6. The molecule has 0 N–H and O–H groups in total. The van der Waals surface area contributed by atoms with Gasteiger partial charge in [-0.05, 0) is 11.8 Å².